The maximum Gasteiger partial charge on any atom is 0.141 e. The summed E-state index contributed by atoms with van der Waals surface area (Å²) in [6.45, 7) is 13.1. The van der Waals surface area contributed by atoms with Crippen molar-refractivity contribution in [1.29, 1.82) is 0 Å². The van der Waals surface area contributed by atoms with Crippen molar-refractivity contribution in [2.75, 3.05) is 19.6 Å². The van der Waals surface area contributed by atoms with Crippen LogP contribution in [-0.4, -0.2) is 45.3 Å². The van der Waals surface area contributed by atoms with Crippen LogP contribution in [0.4, 0.5) is 0 Å². The number of likely N-dealkylation sites (tertiary alicyclic amines) is 1. The van der Waals surface area contributed by atoms with E-state index in [-0.39, 0.29) is 0 Å². The molecule has 1 aliphatic heterocycles. The fourth-order valence-electron chi connectivity index (χ4n) is 2.87. The largest absolute Gasteiger partial charge is 0.315 e. The SMILES string of the molecule is CC(C)CNCC1CCCN1Cc1ncnn1C(C)C. The van der Waals surface area contributed by atoms with E-state index < -0.39 is 0 Å². The monoisotopic (exact) mass is 279 g/mol. The van der Waals surface area contributed by atoms with Gasteiger partial charge in [0.25, 0.3) is 0 Å². The molecule has 20 heavy (non-hydrogen) atoms. The molecular formula is C15H29N5. The van der Waals surface area contributed by atoms with E-state index in [9.17, 15) is 0 Å². The molecule has 2 heterocycles. The lowest BCUT2D eigenvalue weighted by atomic mass is 10.2. The van der Waals surface area contributed by atoms with Crippen molar-refractivity contribution in [2.45, 2.75) is 59.2 Å². The van der Waals surface area contributed by atoms with Crippen LogP contribution in [0.2, 0.25) is 0 Å². The minimum Gasteiger partial charge on any atom is -0.315 e. The molecule has 1 unspecified atom stereocenters. The quantitative estimate of drug-likeness (QED) is 0.830. The van der Waals surface area contributed by atoms with Crippen LogP contribution in [-0.2, 0) is 6.54 Å². The molecule has 1 fully saturated rings. The van der Waals surface area contributed by atoms with E-state index >= 15 is 0 Å². The van der Waals surface area contributed by atoms with Crippen molar-refractivity contribution >= 4 is 0 Å². The summed E-state index contributed by atoms with van der Waals surface area (Å²) in [4.78, 5) is 6.99. The molecule has 5 heteroatoms. The minimum absolute atomic E-state index is 0.382. The first-order valence-corrected chi connectivity index (χ1v) is 7.91. The molecule has 1 atom stereocenters. The fourth-order valence-corrected chi connectivity index (χ4v) is 2.87. The molecule has 1 saturated heterocycles. The van der Waals surface area contributed by atoms with Gasteiger partial charge in [-0.1, -0.05) is 13.8 Å². The molecule has 1 aliphatic rings. The highest BCUT2D eigenvalue weighted by atomic mass is 15.4. The lowest BCUT2D eigenvalue weighted by molar-refractivity contribution is 0.226. The Labute approximate surface area is 122 Å². The molecule has 0 amide bonds. The summed E-state index contributed by atoms with van der Waals surface area (Å²) in [5, 5.41) is 7.92. The summed E-state index contributed by atoms with van der Waals surface area (Å²) in [5.74, 6) is 1.81. The molecule has 0 radical (unpaired) electrons. The Hall–Kier alpha value is -0.940. The molecule has 1 N–H and O–H groups in total. The lowest BCUT2D eigenvalue weighted by Crippen LogP contribution is -2.39. The van der Waals surface area contributed by atoms with Gasteiger partial charge in [-0.15, -0.1) is 0 Å². The van der Waals surface area contributed by atoms with Crippen molar-refractivity contribution < 1.29 is 0 Å². The molecular weight excluding hydrogens is 250 g/mol. The smallest absolute Gasteiger partial charge is 0.141 e. The van der Waals surface area contributed by atoms with Gasteiger partial charge < -0.3 is 5.32 Å². The molecule has 0 aromatic carbocycles. The maximum atomic E-state index is 4.43. The molecule has 0 spiro atoms. The second-order valence-corrected chi connectivity index (χ2v) is 6.53. The van der Waals surface area contributed by atoms with Gasteiger partial charge in [-0.05, 0) is 45.7 Å². The highest BCUT2D eigenvalue weighted by molar-refractivity contribution is 4.91. The summed E-state index contributed by atoms with van der Waals surface area (Å²) in [5.41, 5.74) is 0. The molecule has 2 rings (SSSR count). The van der Waals surface area contributed by atoms with Crippen molar-refractivity contribution in [2.24, 2.45) is 5.92 Å². The first-order chi connectivity index (χ1) is 9.58. The van der Waals surface area contributed by atoms with E-state index in [1.54, 1.807) is 6.33 Å². The zero-order valence-electron chi connectivity index (χ0n) is 13.3. The van der Waals surface area contributed by atoms with Gasteiger partial charge >= 0.3 is 0 Å². The zero-order chi connectivity index (χ0) is 14.5. The van der Waals surface area contributed by atoms with E-state index in [1.165, 1.54) is 19.4 Å². The van der Waals surface area contributed by atoms with E-state index in [1.807, 2.05) is 4.68 Å². The summed E-state index contributed by atoms with van der Waals surface area (Å²) in [6, 6.07) is 1.03. The summed E-state index contributed by atoms with van der Waals surface area (Å²) in [7, 11) is 0. The summed E-state index contributed by atoms with van der Waals surface area (Å²) >= 11 is 0. The molecule has 1 aromatic rings. The predicted molar refractivity (Wildman–Crippen MR) is 81.5 cm³/mol. The summed E-state index contributed by atoms with van der Waals surface area (Å²) in [6.07, 6.45) is 4.27. The van der Waals surface area contributed by atoms with Crippen molar-refractivity contribution in [3.05, 3.63) is 12.2 Å². The maximum absolute atomic E-state index is 4.43. The zero-order valence-corrected chi connectivity index (χ0v) is 13.3. The number of rotatable bonds is 7. The Kier molecular flexibility index (Phi) is 5.54. The molecule has 114 valence electrons. The first kappa shape index (κ1) is 15.4. The lowest BCUT2D eigenvalue weighted by Gasteiger charge is -2.25. The van der Waals surface area contributed by atoms with Gasteiger partial charge in [0, 0.05) is 18.6 Å². The topological polar surface area (TPSA) is 46.0 Å². The molecule has 5 nitrogen and oxygen atoms in total. The van der Waals surface area contributed by atoms with Gasteiger partial charge in [0.15, 0.2) is 0 Å². The van der Waals surface area contributed by atoms with E-state index in [0.717, 1.165) is 25.5 Å². The van der Waals surface area contributed by atoms with Gasteiger partial charge in [-0.25, -0.2) is 9.67 Å². The van der Waals surface area contributed by atoms with Crippen LogP contribution in [0, 0.1) is 5.92 Å². The van der Waals surface area contributed by atoms with Crippen LogP contribution >= 0.6 is 0 Å². The van der Waals surface area contributed by atoms with E-state index in [2.05, 4.69) is 48.0 Å². The number of nitrogens with one attached hydrogen (secondary N) is 1. The van der Waals surface area contributed by atoms with Gasteiger partial charge in [0.2, 0.25) is 0 Å². The number of aromatic nitrogens is 3. The Morgan fingerprint density at radius 3 is 2.85 bits per heavy atom. The van der Waals surface area contributed by atoms with Crippen LogP contribution < -0.4 is 5.32 Å². The number of hydrogen-bond acceptors (Lipinski definition) is 4. The van der Waals surface area contributed by atoms with Gasteiger partial charge in [0.05, 0.1) is 6.54 Å². The Bertz CT molecular complexity index is 399. The van der Waals surface area contributed by atoms with Crippen LogP contribution in [0.3, 0.4) is 0 Å². The van der Waals surface area contributed by atoms with Gasteiger partial charge in [-0.2, -0.15) is 5.10 Å². The number of hydrogen-bond donors (Lipinski definition) is 1. The first-order valence-electron chi connectivity index (χ1n) is 7.91. The highest BCUT2D eigenvalue weighted by Gasteiger charge is 2.25. The Balaban J connectivity index is 1.89. The minimum atomic E-state index is 0.382. The van der Waals surface area contributed by atoms with Crippen LogP contribution in [0.1, 0.15) is 52.4 Å². The third-order valence-corrected chi connectivity index (χ3v) is 3.91. The normalized spacial score (nSPS) is 20.4. The average Bonchev–Trinajstić information content (AvgIpc) is 2.99. The molecule has 1 aromatic heterocycles. The third-order valence-electron chi connectivity index (χ3n) is 3.91. The van der Waals surface area contributed by atoms with E-state index in [4.69, 9.17) is 0 Å². The van der Waals surface area contributed by atoms with Gasteiger partial charge in [-0.3, -0.25) is 4.90 Å². The number of nitrogens with zero attached hydrogens (tertiary/aromatic N) is 4. The highest BCUT2D eigenvalue weighted by Crippen LogP contribution is 2.19. The van der Waals surface area contributed by atoms with Crippen molar-refractivity contribution in [1.82, 2.24) is 25.0 Å². The Morgan fingerprint density at radius 2 is 2.15 bits per heavy atom. The summed E-state index contributed by atoms with van der Waals surface area (Å²) < 4.78 is 2.04. The third kappa shape index (κ3) is 4.03. The average molecular weight is 279 g/mol. The predicted octanol–water partition coefficient (Wildman–Crippen LogP) is 2.07. The second kappa shape index (κ2) is 7.18. The molecule has 0 bridgehead atoms. The molecule has 0 aliphatic carbocycles. The Morgan fingerprint density at radius 1 is 1.35 bits per heavy atom. The fraction of sp³-hybridized carbons (Fsp3) is 0.867. The molecule has 0 saturated carbocycles. The van der Waals surface area contributed by atoms with Crippen LogP contribution in [0.5, 0.6) is 0 Å². The van der Waals surface area contributed by atoms with Crippen LogP contribution in [0.15, 0.2) is 6.33 Å². The van der Waals surface area contributed by atoms with Crippen LogP contribution in [0.25, 0.3) is 0 Å². The van der Waals surface area contributed by atoms with Gasteiger partial charge in [0.1, 0.15) is 12.2 Å². The van der Waals surface area contributed by atoms with Crippen molar-refractivity contribution in [3.63, 3.8) is 0 Å². The standard InChI is InChI=1S/C15H29N5/c1-12(2)8-16-9-14-6-5-7-19(14)10-15-17-11-18-20(15)13(3)4/h11-14,16H,5-10H2,1-4H3. The van der Waals surface area contributed by atoms with E-state index in [0.29, 0.717) is 18.0 Å². The second-order valence-electron chi connectivity index (χ2n) is 6.53. The van der Waals surface area contributed by atoms with Crippen molar-refractivity contribution in [3.8, 4) is 0 Å².